The number of hydrogen-bond acceptors (Lipinski definition) is 18. The van der Waals surface area contributed by atoms with E-state index >= 15 is 0 Å². The number of aliphatic hydroxyl groups is 1. The summed E-state index contributed by atoms with van der Waals surface area (Å²) < 4.78 is 89.5. The van der Waals surface area contributed by atoms with Crippen molar-refractivity contribution in [1.29, 1.82) is 0 Å². The Morgan fingerprint density at radius 2 is 1.16 bits per heavy atom. The van der Waals surface area contributed by atoms with Crippen molar-refractivity contribution in [3.63, 3.8) is 0 Å². The van der Waals surface area contributed by atoms with Crippen LogP contribution in [0.5, 0.6) is 0 Å². The van der Waals surface area contributed by atoms with Crippen LogP contribution in [0.25, 0.3) is 0 Å². The molecule has 76 heavy (non-hydrogen) atoms. The molecule has 0 aromatic rings. The minimum Gasteiger partial charge on any atom is -0.456 e. The zero-order valence-electron chi connectivity index (χ0n) is 45.1. The van der Waals surface area contributed by atoms with Gasteiger partial charge in [-0.15, -0.1) is 0 Å². The summed E-state index contributed by atoms with van der Waals surface area (Å²) in [4.78, 5) is 58.7. The van der Waals surface area contributed by atoms with Gasteiger partial charge < -0.3 is 33.5 Å². The van der Waals surface area contributed by atoms with Gasteiger partial charge >= 0.3 is 29.8 Å². The molecule has 10 saturated carbocycles. The predicted molar refractivity (Wildman–Crippen MR) is 273 cm³/mol. The van der Waals surface area contributed by atoms with Gasteiger partial charge in [-0.25, -0.2) is 24.0 Å². The average Bonchev–Trinajstić information content (AvgIpc) is 4.22. The molecule has 1 N–H and O–H groups in total. The fourth-order valence-electron chi connectivity index (χ4n) is 16.3. The molecule has 10 aliphatic carbocycles. The highest BCUT2D eigenvalue weighted by atomic mass is 32.2. The molecule has 14 rings (SSSR count). The Hall–Kier alpha value is -3.95. The molecule has 18 nitrogen and oxygen atoms in total. The van der Waals surface area contributed by atoms with E-state index in [0.29, 0.717) is 41.4 Å². The maximum Gasteiger partial charge on any atom is 0.347 e. The van der Waals surface area contributed by atoms with Crippen LogP contribution in [0.2, 0.25) is 0 Å². The van der Waals surface area contributed by atoms with Gasteiger partial charge in [-0.1, -0.05) is 33.2 Å². The van der Waals surface area contributed by atoms with Crippen LogP contribution in [0.1, 0.15) is 151 Å². The number of ether oxygens (including phenoxy) is 6. The Balaban J connectivity index is 0.000000124. The van der Waals surface area contributed by atoms with E-state index in [9.17, 15) is 45.9 Å². The van der Waals surface area contributed by atoms with Crippen molar-refractivity contribution in [2.75, 3.05) is 0 Å². The third-order valence-corrected chi connectivity index (χ3v) is 22.6. The van der Waals surface area contributed by atoms with Gasteiger partial charge in [-0.05, 0) is 167 Å². The van der Waals surface area contributed by atoms with Crippen LogP contribution >= 0.6 is 0 Å². The lowest BCUT2D eigenvalue weighted by atomic mass is 9.45. The van der Waals surface area contributed by atoms with Gasteiger partial charge in [0.05, 0.1) is 17.0 Å². The normalized spacial score (nSPS) is 42.6. The molecule has 12 bridgehead atoms. The molecular weight excluding hydrogens is 1020 g/mol. The van der Waals surface area contributed by atoms with E-state index in [2.05, 4.69) is 40.2 Å². The zero-order valence-corrected chi connectivity index (χ0v) is 46.7. The molecule has 20 heteroatoms. The van der Waals surface area contributed by atoms with Gasteiger partial charge in [0.1, 0.15) is 40.9 Å². The maximum atomic E-state index is 12.1. The van der Waals surface area contributed by atoms with Gasteiger partial charge in [0.2, 0.25) is 0 Å². The third kappa shape index (κ3) is 10.7. The van der Waals surface area contributed by atoms with Crippen LogP contribution < -0.4 is 0 Å². The van der Waals surface area contributed by atoms with E-state index < -0.39 is 97.3 Å². The average molecular weight is 1100 g/mol. The van der Waals surface area contributed by atoms with E-state index in [-0.39, 0.29) is 52.0 Å². The SMILES string of the molecule is C=C(C)C(=O)OC(C)(CC)C12CC3CC(CC(C3)C1)C2.C=C(C)C(=O)OC(C)C(=O)OC1C2CC3C(O2)C1OS3(=O)=O.C=C(C)C(=O)OC12CC3CC(CC(O)(C3)C1)C2.C=C(C)C(=O)OC1C2CC3C1OS(=O)(=O)C3C2. The van der Waals surface area contributed by atoms with Crippen LogP contribution in [0.15, 0.2) is 48.6 Å². The third-order valence-electron chi connectivity index (χ3n) is 19.2. The Morgan fingerprint density at radius 3 is 1.68 bits per heavy atom. The monoisotopic (exact) mass is 1100 g/mol. The minimum atomic E-state index is -3.66. The number of carbonyl (C=O) groups excluding carboxylic acids is 5. The molecule has 14 unspecified atom stereocenters. The van der Waals surface area contributed by atoms with Crippen LogP contribution in [-0.2, 0) is 81.0 Å². The molecule has 0 radical (unpaired) electrons. The summed E-state index contributed by atoms with van der Waals surface area (Å²) in [5.74, 6) is 1.42. The Kier molecular flexibility index (Phi) is 15.2. The second-order valence-corrected chi connectivity index (χ2v) is 28.9. The summed E-state index contributed by atoms with van der Waals surface area (Å²) in [6.45, 7) is 26.5. The van der Waals surface area contributed by atoms with Crippen molar-refractivity contribution in [3.8, 4) is 0 Å². The highest BCUT2D eigenvalue weighted by Crippen LogP contribution is 2.65. The Bertz CT molecular complexity index is 2620. The number of rotatable bonds is 12. The smallest absolute Gasteiger partial charge is 0.347 e. The quantitative estimate of drug-likeness (QED) is 0.0897. The Labute approximate surface area is 447 Å². The first-order chi connectivity index (χ1) is 35.4. The first kappa shape index (κ1) is 56.8. The number of hydrogen-bond donors (Lipinski definition) is 1. The first-order valence-electron chi connectivity index (χ1n) is 27.3. The van der Waals surface area contributed by atoms with E-state index in [0.717, 1.165) is 56.3 Å². The molecule has 4 heterocycles. The molecule has 4 aliphatic heterocycles. The molecule has 0 aromatic carbocycles. The summed E-state index contributed by atoms with van der Waals surface area (Å²) in [6, 6.07) is 0. The van der Waals surface area contributed by atoms with E-state index in [1.807, 2.05) is 0 Å². The predicted octanol–water partition coefficient (Wildman–Crippen LogP) is 6.97. The van der Waals surface area contributed by atoms with Gasteiger partial charge in [0, 0.05) is 46.0 Å². The zero-order chi connectivity index (χ0) is 55.4. The molecule has 0 amide bonds. The molecule has 4 saturated heterocycles. The fourth-order valence-corrected chi connectivity index (χ4v) is 19.8. The molecular formula is C56H78O18S2. The van der Waals surface area contributed by atoms with Crippen molar-refractivity contribution >= 4 is 50.1 Å². The molecule has 422 valence electrons. The summed E-state index contributed by atoms with van der Waals surface area (Å²) >= 11 is 0. The Morgan fingerprint density at radius 1 is 0.632 bits per heavy atom. The standard InChI is InChI=1S/C18H28O2.C14H20O3.C13H16O8S.C11H14O5S/c1-5-17(4,20-16(19)12(2)3)18-9-13-6-14(10-18)8-15(7-13)11-18;1-9(2)12(15)17-14-6-10-3-11(7-14)5-13(16,4-10)8-14;1-5(2)12(14)18-6(3)13(15)20-9-7-4-8-10(19-7)11(9)21-22(8,16)17;1-5(2)11(12)15-9-6-3-7-8(4-6)17(13,14)16-10(7)9/h13-15H,2,5-11H2,1,3-4H3;10-11,16H,1,3-8H2,2H3;6-11H,1,4H2,2-3H3;6-10H,1,3-4H2,2H3. The highest BCUT2D eigenvalue weighted by Gasteiger charge is 2.68. The van der Waals surface area contributed by atoms with Crippen molar-refractivity contribution in [2.24, 2.45) is 46.8 Å². The lowest BCUT2D eigenvalue weighted by molar-refractivity contribution is -0.217. The fraction of sp³-hybridized carbons (Fsp3) is 0.768. The van der Waals surface area contributed by atoms with Crippen molar-refractivity contribution < 1.29 is 82.7 Å². The van der Waals surface area contributed by atoms with Crippen LogP contribution in [0, 0.1) is 46.8 Å². The lowest BCUT2D eigenvalue weighted by Crippen LogP contribution is -2.60. The maximum absolute atomic E-state index is 12.1. The molecule has 14 fully saturated rings. The second kappa shape index (κ2) is 20.3. The molecule has 0 aromatic heterocycles. The highest BCUT2D eigenvalue weighted by molar-refractivity contribution is 7.88. The molecule has 14 atom stereocenters. The number of esters is 5. The van der Waals surface area contributed by atoms with E-state index in [1.165, 1.54) is 58.8 Å². The van der Waals surface area contributed by atoms with Gasteiger partial charge in [0.15, 0.2) is 12.2 Å². The number of fused-ring (bicyclic) bond motifs is 2. The van der Waals surface area contributed by atoms with Crippen molar-refractivity contribution in [2.45, 2.75) is 221 Å². The summed E-state index contributed by atoms with van der Waals surface area (Å²) in [7, 11) is -7.10. The van der Waals surface area contributed by atoms with E-state index in [4.69, 9.17) is 36.8 Å². The van der Waals surface area contributed by atoms with Crippen molar-refractivity contribution in [1.82, 2.24) is 0 Å². The first-order valence-corrected chi connectivity index (χ1v) is 30.2. The lowest BCUT2D eigenvalue weighted by Gasteiger charge is -2.62. The van der Waals surface area contributed by atoms with Crippen LogP contribution in [-0.4, -0.2) is 122 Å². The largest absolute Gasteiger partial charge is 0.456 e. The van der Waals surface area contributed by atoms with Gasteiger partial charge in [0.25, 0.3) is 20.2 Å². The summed E-state index contributed by atoms with van der Waals surface area (Å²) in [6.07, 6.45) is 11.3. The van der Waals surface area contributed by atoms with Gasteiger partial charge in [-0.2, -0.15) is 16.8 Å². The second-order valence-electron chi connectivity index (χ2n) is 25.3. The summed E-state index contributed by atoms with van der Waals surface area (Å²) in [5, 5.41) is 9.44. The summed E-state index contributed by atoms with van der Waals surface area (Å²) in [5.41, 5.74) is 0.429. The van der Waals surface area contributed by atoms with E-state index in [1.54, 1.807) is 20.8 Å². The molecule has 14 aliphatic rings. The number of carbonyl (C=O) groups is 5. The van der Waals surface area contributed by atoms with Crippen LogP contribution in [0.3, 0.4) is 0 Å². The van der Waals surface area contributed by atoms with Crippen LogP contribution in [0.4, 0.5) is 0 Å². The minimum absolute atomic E-state index is 0.00733. The molecule has 0 spiro atoms. The topological polar surface area (TPSA) is 248 Å². The van der Waals surface area contributed by atoms with Gasteiger partial charge in [-0.3, -0.25) is 8.37 Å². The van der Waals surface area contributed by atoms with Crippen molar-refractivity contribution in [3.05, 3.63) is 48.6 Å².